The van der Waals surface area contributed by atoms with Crippen LogP contribution in [0, 0.1) is 0 Å². The average Bonchev–Trinajstić information content (AvgIpc) is 3.15. The summed E-state index contributed by atoms with van der Waals surface area (Å²) in [6.45, 7) is 3.49. The summed E-state index contributed by atoms with van der Waals surface area (Å²) in [6, 6.07) is 30.9. The summed E-state index contributed by atoms with van der Waals surface area (Å²) >= 11 is 0. The van der Waals surface area contributed by atoms with Gasteiger partial charge in [0.15, 0.2) is 0 Å². The van der Waals surface area contributed by atoms with Crippen LogP contribution in [-0.4, -0.2) is 23.2 Å². The van der Waals surface area contributed by atoms with Crippen LogP contribution in [-0.2, 0) is 16.0 Å². The first kappa shape index (κ1) is 22.3. The Bertz CT molecular complexity index is 1430. The van der Waals surface area contributed by atoms with Gasteiger partial charge in [-0.3, -0.25) is 9.59 Å². The van der Waals surface area contributed by atoms with Crippen molar-refractivity contribution in [1.82, 2.24) is 5.32 Å². The number of para-hydroxylation sites is 1. The number of hydrazone groups is 1. The summed E-state index contributed by atoms with van der Waals surface area (Å²) in [5.41, 5.74) is 2.09. The van der Waals surface area contributed by atoms with E-state index in [0.717, 1.165) is 22.8 Å². The molecular formula is C29H26N4O2. The van der Waals surface area contributed by atoms with Gasteiger partial charge in [-0.15, -0.1) is 0 Å². The van der Waals surface area contributed by atoms with E-state index in [0.29, 0.717) is 17.1 Å². The number of carbonyl (C=O) groups is 2. The number of nitrogens with zero attached hydrogens (tertiary/aromatic N) is 2. The van der Waals surface area contributed by atoms with Crippen molar-refractivity contribution in [2.75, 3.05) is 10.3 Å². The Labute approximate surface area is 204 Å². The Balaban J connectivity index is 1.73. The molecule has 6 heteroatoms. The van der Waals surface area contributed by atoms with Gasteiger partial charge < -0.3 is 10.6 Å². The summed E-state index contributed by atoms with van der Waals surface area (Å²) < 4.78 is 0. The molecule has 0 saturated carbocycles. The normalized spacial score (nSPS) is 17.4. The van der Waals surface area contributed by atoms with Crippen LogP contribution in [0.1, 0.15) is 25.0 Å². The minimum atomic E-state index is -1.60. The zero-order chi connectivity index (χ0) is 24.4. The van der Waals surface area contributed by atoms with E-state index in [9.17, 15) is 9.59 Å². The standard InChI is InChI=1S/C29H26N4O2/c1-3-21-16-18-23(19-17-21)31-29(30-20(2)34)27(26-15-9-11-22-10-7-8-14-25(22)26)32-33(28(29)35)24-12-5-4-6-13-24/h4-19,31H,3H2,1-2H3,(H,30,34). The SMILES string of the molecule is CCc1ccc(NC2(NC(C)=O)C(=O)N(c3ccccc3)N=C2c2cccc3ccccc23)cc1. The monoisotopic (exact) mass is 462 g/mol. The number of aryl methyl sites for hydroxylation is 1. The van der Waals surface area contributed by atoms with Gasteiger partial charge in [0.05, 0.1) is 5.69 Å². The molecule has 0 aliphatic carbocycles. The Morgan fingerprint density at radius 1 is 0.886 bits per heavy atom. The van der Waals surface area contributed by atoms with Crippen molar-refractivity contribution in [3.63, 3.8) is 0 Å². The summed E-state index contributed by atoms with van der Waals surface area (Å²) in [6.07, 6.45) is 0.903. The number of fused-ring (bicyclic) bond motifs is 1. The van der Waals surface area contributed by atoms with Crippen molar-refractivity contribution in [2.24, 2.45) is 5.10 Å². The molecule has 0 fully saturated rings. The van der Waals surface area contributed by atoms with Gasteiger partial charge in [0.1, 0.15) is 5.71 Å². The Kier molecular flexibility index (Phi) is 5.79. The quantitative estimate of drug-likeness (QED) is 0.392. The smallest absolute Gasteiger partial charge is 0.300 e. The second kappa shape index (κ2) is 9.06. The van der Waals surface area contributed by atoms with Crippen molar-refractivity contribution < 1.29 is 9.59 Å². The van der Waals surface area contributed by atoms with Gasteiger partial charge in [0.2, 0.25) is 11.6 Å². The molecule has 0 spiro atoms. The fraction of sp³-hybridized carbons (Fsp3) is 0.138. The lowest BCUT2D eigenvalue weighted by atomic mass is 9.92. The second-order valence-corrected chi connectivity index (χ2v) is 8.53. The maximum absolute atomic E-state index is 14.1. The molecule has 1 aliphatic heterocycles. The van der Waals surface area contributed by atoms with Gasteiger partial charge in [-0.25, -0.2) is 0 Å². The van der Waals surface area contributed by atoms with Crippen LogP contribution < -0.4 is 15.6 Å². The number of rotatable bonds is 6. The number of amides is 2. The Morgan fingerprint density at radius 2 is 1.57 bits per heavy atom. The van der Waals surface area contributed by atoms with Crippen molar-refractivity contribution in [3.05, 3.63) is 108 Å². The molecule has 6 nitrogen and oxygen atoms in total. The van der Waals surface area contributed by atoms with Gasteiger partial charge in [0.25, 0.3) is 0 Å². The van der Waals surface area contributed by atoms with Crippen molar-refractivity contribution in [3.8, 4) is 0 Å². The molecule has 0 saturated heterocycles. The molecule has 0 radical (unpaired) electrons. The van der Waals surface area contributed by atoms with E-state index in [2.05, 4.69) is 17.6 Å². The van der Waals surface area contributed by atoms with Crippen LogP contribution in [0.4, 0.5) is 11.4 Å². The molecule has 1 aliphatic rings. The third-order valence-corrected chi connectivity index (χ3v) is 6.17. The fourth-order valence-electron chi connectivity index (χ4n) is 4.47. The second-order valence-electron chi connectivity index (χ2n) is 8.53. The van der Waals surface area contributed by atoms with Gasteiger partial charge in [-0.2, -0.15) is 10.1 Å². The van der Waals surface area contributed by atoms with Gasteiger partial charge in [-0.1, -0.05) is 79.7 Å². The van der Waals surface area contributed by atoms with E-state index in [1.54, 1.807) is 0 Å². The zero-order valence-corrected chi connectivity index (χ0v) is 19.7. The highest BCUT2D eigenvalue weighted by atomic mass is 16.2. The highest BCUT2D eigenvalue weighted by Gasteiger charge is 2.53. The number of anilines is 2. The minimum absolute atomic E-state index is 0.348. The van der Waals surface area contributed by atoms with Crippen molar-refractivity contribution >= 4 is 39.7 Å². The lowest BCUT2D eigenvalue weighted by Crippen LogP contribution is -2.64. The highest BCUT2D eigenvalue weighted by molar-refractivity contribution is 6.33. The van der Waals surface area contributed by atoms with Gasteiger partial charge in [-0.05, 0) is 47.0 Å². The molecule has 1 unspecified atom stereocenters. The third-order valence-electron chi connectivity index (χ3n) is 6.17. The molecule has 174 valence electrons. The topological polar surface area (TPSA) is 73.8 Å². The van der Waals surface area contributed by atoms with Crippen molar-refractivity contribution in [1.29, 1.82) is 0 Å². The molecule has 4 aromatic carbocycles. The molecular weight excluding hydrogens is 436 g/mol. The number of hydrogen-bond acceptors (Lipinski definition) is 4. The van der Waals surface area contributed by atoms with Gasteiger partial charge in [0, 0.05) is 18.2 Å². The molecule has 1 atom stereocenters. The van der Waals surface area contributed by atoms with Crippen LogP contribution in [0.15, 0.2) is 102 Å². The average molecular weight is 463 g/mol. The zero-order valence-electron chi connectivity index (χ0n) is 19.7. The summed E-state index contributed by atoms with van der Waals surface area (Å²) in [5, 5.41) is 14.4. The van der Waals surface area contributed by atoms with Crippen LogP contribution in [0.2, 0.25) is 0 Å². The van der Waals surface area contributed by atoms with E-state index < -0.39 is 5.66 Å². The molecule has 5 rings (SSSR count). The van der Waals surface area contributed by atoms with E-state index in [1.807, 2.05) is 97.1 Å². The van der Waals surface area contributed by atoms with Crippen LogP contribution in [0.25, 0.3) is 10.8 Å². The van der Waals surface area contributed by atoms with Gasteiger partial charge >= 0.3 is 5.91 Å². The van der Waals surface area contributed by atoms with E-state index in [1.165, 1.54) is 17.5 Å². The molecule has 1 heterocycles. The van der Waals surface area contributed by atoms with Crippen LogP contribution in [0.3, 0.4) is 0 Å². The summed E-state index contributed by atoms with van der Waals surface area (Å²) in [5.74, 6) is -0.736. The molecule has 2 N–H and O–H groups in total. The first-order valence-electron chi connectivity index (χ1n) is 11.6. The molecule has 2 amide bonds. The van der Waals surface area contributed by atoms with Crippen LogP contribution >= 0.6 is 0 Å². The maximum atomic E-state index is 14.1. The first-order valence-corrected chi connectivity index (χ1v) is 11.6. The number of hydrogen-bond donors (Lipinski definition) is 2. The number of carbonyl (C=O) groups excluding carboxylic acids is 2. The first-order chi connectivity index (χ1) is 17.0. The Hall–Kier alpha value is -4.45. The third kappa shape index (κ3) is 4.04. The highest BCUT2D eigenvalue weighted by Crippen LogP contribution is 2.33. The largest absolute Gasteiger partial charge is 0.350 e. The molecule has 4 aromatic rings. The predicted octanol–water partition coefficient (Wildman–Crippen LogP) is 5.10. The number of benzene rings is 4. The summed E-state index contributed by atoms with van der Waals surface area (Å²) in [7, 11) is 0. The summed E-state index contributed by atoms with van der Waals surface area (Å²) in [4.78, 5) is 26.7. The Morgan fingerprint density at radius 3 is 2.29 bits per heavy atom. The molecule has 35 heavy (non-hydrogen) atoms. The predicted molar refractivity (Wildman–Crippen MR) is 140 cm³/mol. The molecule has 0 aromatic heterocycles. The van der Waals surface area contributed by atoms with Crippen molar-refractivity contribution in [2.45, 2.75) is 25.9 Å². The van der Waals surface area contributed by atoms with E-state index in [4.69, 9.17) is 5.10 Å². The maximum Gasteiger partial charge on any atom is 0.300 e. The van der Waals surface area contributed by atoms with Crippen LogP contribution in [0.5, 0.6) is 0 Å². The van der Waals surface area contributed by atoms with E-state index in [-0.39, 0.29) is 11.8 Å². The van der Waals surface area contributed by atoms with E-state index >= 15 is 0 Å². The lowest BCUT2D eigenvalue weighted by molar-refractivity contribution is -0.127. The fourth-order valence-corrected chi connectivity index (χ4v) is 4.47. The molecule has 0 bridgehead atoms. The number of nitrogens with one attached hydrogen (secondary N) is 2. The minimum Gasteiger partial charge on any atom is -0.350 e. The lowest BCUT2D eigenvalue weighted by Gasteiger charge is -2.32.